The van der Waals surface area contributed by atoms with Crippen LogP contribution in [0.25, 0.3) is 0 Å². The van der Waals surface area contributed by atoms with Gasteiger partial charge in [0.25, 0.3) is 5.91 Å². The quantitative estimate of drug-likeness (QED) is 0.832. The van der Waals surface area contributed by atoms with Gasteiger partial charge in [-0.05, 0) is 51.0 Å². The molecule has 146 valence electrons. The van der Waals surface area contributed by atoms with Gasteiger partial charge >= 0.3 is 0 Å². The van der Waals surface area contributed by atoms with E-state index in [1.807, 2.05) is 0 Å². The third-order valence-electron chi connectivity index (χ3n) is 4.68. The number of carbonyl (C=O) groups excluding carboxylic acids is 1. The highest BCUT2D eigenvalue weighted by Gasteiger charge is 2.30. The van der Waals surface area contributed by atoms with Crippen LogP contribution >= 0.6 is 0 Å². The van der Waals surface area contributed by atoms with Crippen LogP contribution in [0.4, 0.5) is 0 Å². The van der Waals surface area contributed by atoms with Crippen LogP contribution in [0, 0.1) is 13.8 Å². The molecule has 0 saturated carbocycles. The van der Waals surface area contributed by atoms with Crippen molar-refractivity contribution in [3.63, 3.8) is 0 Å². The second kappa shape index (κ2) is 7.69. The lowest BCUT2D eigenvalue weighted by molar-refractivity contribution is 0.0711. The lowest BCUT2D eigenvalue weighted by Crippen LogP contribution is -2.46. The number of hydrogen-bond donors (Lipinski definition) is 1. The number of piperidine rings is 1. The van der Waals surface area contributed by atoms with Gasteiger partial charge in [-0.25, -0.2) is 13.1 Å². The van der Waals surface area contributed by atoms with E-state index in [4.69, 9.17) is 9.26 Å². The van der Waals surface area contributed by atoms with Crippen molar-refractivity contribution in [1.82, 2.24) is 14.8 Å². The number of likely N-dealkylation sites (tertiary alicyclic amines) is 1. The van der Waals surface area contributed by atoms with Crippen molar-refractivity contribution in [2.45, 2.75) is 37.6 Å². The fraction of sp³-hybridized carbons (Fsp3) is 0.444. The summed E-state index contributed by atoms with van der Waals surface area (Å²) in [5.41, 5.74) is 0.928. The smallest absolute Gasteiger partial charge is 0.253 e. The zero-order chi connectivity index (χ0) is 19.6. The molecule has 1 aliphatic rings. The molecule has 9 heteroatoms. The van der Waals surface area contributed by atoms with Crippen LogP contribution in [-0.4, -0.2) is 50.6 Å². The Morgan fingerprint density at radius 3 is 2.37 bits per heavy atom. The Balaban J connectivity index is 1.61. The fourth-order valence-corrected chi connectivity index (χ4v) is 4.89. The van der Waals surface area contributed by atoms with Crippen molar-refractivity contribution in [2.24, 2.45) is 0 Å². The molecule has 1 fully saturated rings. The van der Waals surface area contributed by atoms with Crippen molar-refractivity contribution >= 4 is 15.9 Å². The summed E-state index contributed by atoms with van der Waals surface area (Å²) in [6.07, 6.45) is 1.09. The van der Waals surface area contributed by atoms with Crippen molar-refractivity contribution in [2.75, 3.05) is 20.2 Å². The molecule has 1 N–H and O–H groups in total. The van der Waals surface area contributed by atoms with Gasteiger partial charge in [0.2, 0.25) is 10.0 Å². The number of nitrogens with zero attached hydrogens (tertiary/aromatic N) is 2. The minimum absolute atomic E-state index is 0.0651. The molecule has 1 saturated heterocycles. The lowest BCUT2D eigenvalue weighted by Gasteiger charge is -2.32. The SMILES string of the molecule is COc1ccc(C(=O)N2CCC(NS(=O)(=O)c3c(C)noc3C)CC2)cc1. The minimum Gasteiger partial charge on any atom is -0.497 e. The number of carbonyl (C=O) groups is 1. The summed E-state index contributed by atoms with van der Waals surface area (Å²) >= 11 is 0. The van der Waals surface area contributed by atoms with Gasteiger partial charge in [-0.15, -0.1) is 0 Å². The van der Waals surface area contributed by atoms with Crippen LogP contribution < -0.4 is 9.46 Å². The first kappa shape index (κ1) is 19.4. The Morgan fingerprint density at radius 2 is 1.85 bits per heavy atom. The maximum atomic E-state index is 12.6. The average Bonchev–Trinajstić information content (AvgIpc) is 3.00. The van der Waals surface area contributed by atoms with Crippen molar-refractivity contribution in [1.29, 1.82) is 0 Å². The molecule has 1 aliphatic heterocycles. The number of hydrogen-bond acceptors (Lipinski definition) is 6. The van der Waals surface area contributed by atoms with Crippen LogP contribution in [-0.2, 0) is 10.0 Å². The van der Waals surface area contributed by atoms with Crippen molar-refractivity contribution in [3.8, 4) is 5.75 Å². The van der Waals surface area contributed by atoms with E-state index < -0.39 is 10.0 Å². The van der Waals surface area contributed by atoms with Crippen LogP contribution in [0.2, 0.25) is 0 Å². The normalized spacial score (nSPS) is 15.7. The standard InChI is InChI=1S/C18H23N3O5S/c1-12-17(13(2)26-19-12)27(23,24)20-15-8-10-21(11-9-15)18(22)14-4-6-16(25-3)7-5-14/h4-7,15,20H,8-11H2,1-3H3. The number of amides is 1. The second-order valence-corrected chi connectivity index (χ2v) is 8.22. The van der Waals surface area contributed by atoms with Crippen molar-refractivity contribution < 1.29 is 22.5 Å². The first-order valence-electron chi connectivity index (χ1n) is 8.70. The van der Waals surface area contributed by atoms with E-state index in [-0.39, 0.29) is 22.6 Å². The Kier molecular flexibility index (Phi) is 5.52. The van der Waals surface area contributed by atoms with E-state index >= 15 is 0 Å². The highest BCUT2D eigenvalue weighted by Crippen LogP contribution is 2.22. The Labute approximate surface area is 158 Å². The topological polar surface area (TPSA) is 102 Å². The lowest BCUT2D eigenvalue weighted by atomic mass is 10.0. The molecule has 1 aromatic carbocycles. The van der Waals surface area contributed by atoms with Crippen LogP contribution in [0.15, 0.2) is 33.7 Å². The molecular weight excluding hydrogens is 370 g/mol. The number of rotatable bonds is 5. The number of aryl methyl sites for hydroxylation is 2. The summed E-state index contributed by atoms with van der Waals surface area (Å²) in [7, 11) is -2.12. The number of ether oxygens (including phenoxy) is 1. The van der Waals surface area contributed by atoms with Gasteiger partial charge in [0.05, 0.1) is 7.11 Å². The first-order chi connectivity index (χ1) is 12.8. The molecule has 27 heavy (non-hydrogen) atoms. The maximum Gasteiger partial charge on any atom is 0.253 e. The van der Waals surface area contributed by atoms with Crippen molar-refractivity contribution in [3.05, 3.63) is 41.3 Å². The van der Waals surface area contributed by atoms with Crippen LogP contribution in [0.3, 0.4) is 0 Å². The summed E-state index contributed by atoms with van der Waals surface area (Å²) in [4.78, 5) is 14.4. The predicted molar refractivity (Wildman–Crippen MR) is 98.2 cm³/mol. The molecule has 1 aromatic heterocycles. The summed E-state index contributed by atoms with van der Waals surface area (Å²) in [6.45, 7) is 4.14. The number of sulfonamides is 1. The Bertz CT molecular complexity index is 893. The highest BCUT2D eigenvalue weighted by atomic mass is 32.2. The maximum absolute atomic E-state index is 12.6. The predicted octanol–water partition coefficient (Wildman–Crippen LogP) is 1.88. The molecule has 8 nitrogen and oxygen atoms in total. The largest absolute Gasteiger partial charge is 0.497 e. The third-order valence-corrected chi connectivity index (χ3v) is 6.44. The van der Waals surface area contributed by atoms with Crippen LogP contribution in [0.5, 0.6) is 5.75 Å². The second-order valence-electron chi connectivity index (χ2n) is 6.57. The highest BCUT2D eigenvalue weighted by molar-refractivity contribution is 7.89. The van der Waals surface area contributed by atoms with E-state index in [1.54, 1.807) is 50.1 Å². The summed E-state index contributed by atoms with van der Waals surface area (Å²) in [5, 5.41) is 3.70. The van der Waals surface area contributed by atoms with Crippen LogP contribution in [0.1, 0.15) is 34.7 Å². The fourth-order valence-electron chi connectivity index (χ4n) is 3.25. The van der Waals surface area contributed by atoms with E-state index in [0.29, 0.717) is 42.9 Å². The van der Waals surface area contributed by atoms with E-state index in [9.17, 15) is 13.2 Å². The summed E-state index contributed by atoms with van der Waals surface area (Å²) in [5.74, 6) is 0.899. The molecule has 2 heterocycles. The molecule has 3 rings (SSSR count). The van der Waals surface area contributed by atoms with Gasteiger partial charge in [0.15, 0.2) is 5.76 Å². The molecule has 0 spiro atoms. The monoisotopic (exact) mass is 393 g/mol. The first-order valence-corrected chi connectivity index (χ1v) is 10.2. The number of nitrogens with one attached hydrogen (secondary N) is 1. The third kappa shape index (κ3) is 4.14. The molecular formula is C18H23N3O5S. The zero-order valence-electron chi connectivity index (χ0n) is 15.6. The van der Waals surface area contributed by atoms with Gasteiger partial charge in [-0.1, -0.05) is 5.16 Å². The van der Waals surface area contributed by atoms with Gasteiger partial charge in [-0.3, -0.25) is 4.79 Å². The van der Waals surface area contributed by atoms with Gasteiger partial charge in [0, 0.05) is 24.7 Å². The van der Waals surface area contributed by atoms with Gasteiger partial charge in [-0.2, -0.15) is 0 Å². The van der Waals surface area contributed by atoms with E-state index in [2.05, 4.69) is 9.88 Å². The molecule has 0 atom stereocenters. The molecule has 2 aromatic rings. The number of benzene rings is 1. The Morgan fingerprint density at radius 1 is 1.22 bits per heavy atom. The van der Waals surface area contributed by atoms with Gasteiger partial charge in [0.1, 0.15) is 16.3 Å². The summed E-state index contributed by atoms with van der Waals surface area (Å²) < 4.78 is 38.0. The van der Waals surface area contributed by atoms with E-state index in [1.165, 1.54) is 0 Å². The Hall–Kier alpha value is -2.39. The molecule has 0 aliphatic carbocycles. The van der Waals surface area contributed by atoms with Gasteiger partial charge < -0.3 is 14.2 Å². The molecule has 1 amide bonds. The number of aromatic nitrogens is 1. The molecule has 0 radical (unpaired) electrons. The zero-order valence-corrected chi connectivity index (χ0v) is 16.4. The minimum atomic E-state index is -3.70. The van der Waals surface area contributed by atoms with E-state index in [0.717, 1.165) is 0 Å². The molecule has 0 bridgehead atoms. The number of methoxy groups -OCH3 is 1. The summed E-state index contributed by atoms with van der Waals surface area (Å²) in [6, 6.07) is 6.72. The average molecular weight is 393 g/mol. The molecule has 0 unspecified atom stereocenters.